The van der Waals surface area contributed by atoms with Crippen molar-refractivity contribution in [2.75, 3.05) is 13.2 Å². The summed E-state index contributed by atoms with van der Waals surface area (Å²) in [5, 5.41) is 0. The minimum absolute atomic E-state index is 0.000146. The fourth-order valence-corrected chi connectivity index (χ4v) is 2.79. The molecule has 0 N–H and O–H groups in total. The van der Waals surface area contributed by atoms with Crippen LogP contribution in [-0.4, -0.2) is 38.9 Å². The van der Waals surface area contributed by atoms with Crippen LogP contribution in [0.5, 0.6) is 5.88 Å². The van der Waals surface area contributed by atoms with Crippen molar-refractivity contribution in [1.82, 2.24) is 19.9 Å². The maximum Gasteiger partial charge on any atom is 0.261 e. The Bertz CT molecular complexity index is 998. The molecule has 0 fully saturated rings. The van der Waals surface area contributed by atoms with Crippen molar-refractivity contribution in [1.29, 1.82) is 0 Å². The molecule has 0 spiro atoms. The lowest BCUT2D eigenvalue weighted by Crippen LogP contribution is -2.32. The average molecular weight is 368 g/mol. The fourth-order valence-electron chi connectivity index (χ4n) is 2.79. The van der Waals surface area contributed by atoms with Gasteiger partial charge in [0.05, 0.1) is 6.54 Å². The monoisotopic (exact) mass is 368 g/mol. The average Bonchev–Trinajstić information content (AvgIpc) is 2.83. The summed E-state index contributed by atoms with van der Waals surface area (Å²) in [5.41, 5.74) is 1.17. The van der Waals surface area contributed by atoms with Gasteiger partial charge >= 0.3 is 0 Å². The van der Waals surface area contributed by atoms with Gasteiger partial charge in [-0.1, -0.05) is 6.07 Å². The van der Waals surface area contributed by atoms with Gasteiger partial charge in [0.25, 0.3) is 5.91 Å². The molecule has 4 rings (SSSR count). The molecule has 0 bridgehead atoms. The first-order chi connectivity index (χ1) is 13.1. The Balaban J connectivity index is 1.62. The molecule has 0 aliphatic carbocycles. The highest BCUT2D eigenvalue weighted by molar-refractivity contribution is 5.96. The molecule has 0 radical (unpaired) electrons. The maximum atomic E-state index is 13.9. The molecule has 1 aromatic carbocycles. The number of fused-ring (bicyclic) bond motifs is 1. The lowest BCUT2D eigenvalue weighted by molar-refractivity contribution is 0.0741. The predicted molar refractivity (Wildman–Crippen MR) is 91.9 cm³/mol. The first kappa shape index (κ1) is 17.0. The van der Waals surface area contributed by atoms with Crippen molar-refractivity contribution in [3.63, 3.8) is 0 Å². The summed E-state index contributed by atoms with van der Waals surface area (Å²) in [5.74, 6) is -1.12. The number of ether oxygens (including phenoxy) is 1. The molecule has 3 aromatic rings. The molecular weight excluding hydrogens is 354 g/mol. The van der Waals surface area contributed by atoms with Crippen LogP contribution in [0.4, 0.5) is 8.78 Å². The van der Waals surface area contributed by atoms with Crippen LogP contribution in [0.1, 0.15) is 15.9 Å². The second-order valence-electron chi connectivity index (χ2n) is 5.96. The van der Waals surface area contributed by atoms with E-state index in [-0.39, 0.29) is 42.6 Å². The van der Waals surface area contributed by atoms with E-state index in [1.165, 1.54) is 17.2 Å². The number of nitrogens with zero attached hydrogens (tertiary/aromatic N) is 4. The van der Waals surface area contributed by atoms with Gasteiger partial charge in [-0.2, -0.15) is 4.98 Å². The molecule has 136 valence electrons. The number of hydrogen-bond acceptors (Lipinski definition) is 5. The van der Waals surface area contributed by atoms with Gasteiger partial charge in [-0.25, -0.2) is 13.8 Å². The Morgan fingerprint density at radius 3 is 2.74 bits per heavy atom. The van der Waals surface area contributed by atoms with Gasteiger partial charge in [0.15, 0.2) is 5.82 Å². The second-order valence-corrected chi connectivity index (χ2v) is 5.96. The first-order valence-corrected chi connectivity index (χ1v) is 8.25. The molecule has 3 heterocycles. The zero-order valence-corrected chi connectivity index (χ0v) is 14.1. The molecule has 0 saturated heterocycles. The van der Waals surface area contributed by atoms with Gasteiger partial charge in [-0.3, -0.25) is 9.78 Å². The van der Waals surface area contributed by atoms with Crippen molar-refractivity contribution in [3.05, 3.63) is 71.7 Å². The van der Waals surface area contributed by atoms with Crippen LogP contribution in [0, 0.1) is 11.6 Å². The maximum absolute atomic E-state index is 13.9. The molecule has 1 aliphatic heterocycles. The summed E-state index contributed by atoms with van der Waals surface area (Å²) >= 11 is 0. The highest BCUT2D eigenvalue weighted by atomic mass is 19.1. The molecule has 6 nitrogen and oxygen atoms in total. The van der Waals surface area contributed by atoms with E-state index in [0.29, 0.717) is 5.82 Å². The van der Waals surface area contributed by atoms with E-state index in [2.05, 4.69) is 15.0 Å². The number of carbonyl (C=O) groups is 1. The third kappa shape index (κ3) is 3.46. The summed E-state index contributed by atoms with van der Waals surface area (Å²) in [6, 6.07) is 6.79. The summed E-state index contributed by atoms with van der Waals surface area (Å²) in [6.07, 6.45) is 4.64. The number of amides is 1. The zero-order chi connectivity index (χ0) is 18.8. The smallest absolute Gasteiger partial charge is 0.261 e. The third-order valence-corrected chi connectivity index (χ3v) is 4.19. The molecule has 1 aliphatic rings. The quantitative estimate of drug-likeness (QED) is 0.711. The number of aromatic nitrogens is 3. The van der Waals surface area contributed by atoms with Crippen molar-refractivity contribution < 1.29 is 18.3 Å². The highest BCUT2D eigenvalue weighted by Gasteiger charge is 2.26. The van der Waals surface area contributed by atoms with E-state index in [1.54, 1.807) is 24.5 Å². The van der Waals surface area contributed by atoms with E-state index in [9.17, 15) is 13.6 Å². The molecule has 0 unspecified atom stereocenters. The number of rotatable bonds is 3. The summed E-state index contributed by atoms with van der Waals surface area (Å²) < 4.78 is 32.6. The van der Waals surface area contributed by atoms with Crippen molar-refractivity contribution in [2.45, 2.75) is 6.54 Å². The van der Waals surface area contributed by atoms with Gasteiger partial charge in [-0.05, 0) is 18.2 Å². The van der Waals surface area contributed by atoms with Gasteiger partial charge in [0.2, 0.25) is 5.88 Å². The van der Waals surface area contributed by atoms with Crippen LogP contribution in [0.3, 0.4) is 0 Å². The molecule has 1 amide bonds. The van der Waals surface area contributed by atoms with E-state index >= 15 is 0 Å². The normalized spacial score (nSPS) is 13.7. The fraction of sp³-hybridized carbons (Fsp3) is 0.158. The molecular formula is C19H14F2N4O2. The van der Waals surface area contributed by atoms with Crippen LogP contribution >= 0.6 is 0 Å². The molecule has 8 heteroatoms. The van der Waals surface area contributed by atoms with Gasteiger partial charge in [-0.15, -0.1) is 0 Å². The molecule has 0 atom stereocenters. The van der Waals surface area contributed by atoms with E-state index in [0.717, 1.165) is 17.7 Å². The highest BCUT2D eigenvalue weighted by Crippen LogP contribution is 2.25. The number of benzene rings is 1. The van der Waals surface area contributed by atoms with Crippen LogP contribution < -0.4 is 4.74 Å². The van der Waals surface area contributed by atoms with Gasteiger partial charge in [0.1, 0.15) is 23.8 Å². The minimum atomic E-state index is -0.697. The topological polar surface area (TPSA) is 68.2 Å². The number of hydrogen-bond donors (Lipinski definition) is 0. The Kier molecular flexibility index (Phi) is 4.45. The van der Waals surface area contributed by atoms with Crippen molar-refractivity contribution in [2.24, 2.45) is 0 Å². The number of carbonyl (C=O) groups excluding carboxylic acids is 1. The van der Waals surface area contributed by atoms with E-state index < -0.39 is 11.6 Å². The van der Waals surface area contributed by atoms with Crippen molar-refractivity contribution in [3.8, 4) is 17.3 Å². The summed E-state index contributed by atoms with van der Waals surface area (Å²) in [6.45, 7) is 0.449. The predicted octanol–water partition coefficient (Wildman–Crippen LogP) is 2.85. The third-order valence-electron chi connectivity index (χ3n) is 4.19. The van der Waals surface area contributed by atoms with Gasteiger partial charge in [0, 0.05) is 42.3 Å². The lowest BCUT2D eigenvalue weighted by Gasteiger charge is -2.20. The minimum Gasteiger partial charge on any atom is -0.475 e. The van der Waals surface area contributed by atoms with Crippen LogP contribution in [0.2, 0.25) is 0 Å². The Labute approximate surface area is 153 Å². The first-order valence-electron chi connectivity index (χ1n) is 8.25. The standard InChI is InChI=1S/C19H14F2N4O2/c20-14-2-1-13(16(21)9-14)11-25-7-8-27-18-15(19(25)26)10-23-17(24-18)12-3-5-22-6-4-12/h1-6,9-10H,7-8,11H2. The van der Waals surface area contributed by atoms with Gasteiger partial charge < -0.3 is 9.64 Å². The summed E-state index contributed by atoms with van der Waals surface area (Å²) in [7, 11) is 0. The summed E-state index contributed by atoms with van der Waals surface area (Å²) in [4.78, 5) is 26.8. The van der Waals surface area contributed by atoms with Crippen LogP contribution in [0.25, 0.3) is 11.4 Å². The second kappa shape index (κ2) is 7.06. The lowest BCUT2D eigenvalue weighted by atomic mass is 10.1. The zero-order valence-electron chi connectivity index (χ0n) is 14.1. The molecule has 27 heavy (non-hydrogen) atoms. The number of pyridine rings is 1. The van der Waals surface area contributed by atoms with Crippen LogP contribution in [-0.2, 0) is 6.54 Å². The Hall–Kier alpha value is -3.42. The van der Waals surface area contributed by atoms with E-state index in [4.69, 9.17) is 4.74 Å². The number of halogens is 2. The Morgan fingerprint density at radius 1 is 1.15 bits per heavy atom. The van der Waals surface area contributed by atoms with E-state index in [1.807, 2.05) is 0 Å². The Morgan fingerprint density at radius 2 is 1.96 bits per heavy atom. The largest absolute Gasteiger partial charge is 0.475 e. The molecule has 2 aromatic heterocycles. The van der Waals surface area contributed by atoms with Crippen LogP contribution in [0.15, 0.2) is 48.9 Å². The SMILES string of the molecule is O=C1c2cnc(-c3ccncc3)nc2OCCN1Cc1ccc(F)cc1F. The molecule has 0 saturated carbocycles. The van der Waals surface area contributed by atoms with Crippen molar-refractivity contribution >= 4 is 5.91 Å².